The molecule has 1 aromatic heterocycles. The van der Waals surface area contributed by atoms with Gasteiger partial charge in [0.1, 0.15) is 17.2 Å². The van der Waals surface area contributed by atoms with Crippen LogP contribution < -0.4 is 5.73 Å². The van der Waals surface area contributed by atoms with Crippen LogP contribution >= 0.6 is 27.3 Å². The van der Waals surface area contributed by atoms with Gasteiger partial charge in [0.15, 0.2) is 0 Å². The van der Waals surface area contributed by atoms with Crippen LogP contribution in [0.4, 0.5) is 4.39 Å². The molecule has 0 fully saturated rings. The third-order valence-electron chi connectivity index (χ3n) is 3.57. The standard InChI is InChI=1S/C12H16BrFN2OS2/c1-11(2)10(15)16-12(3,6-19(11,4)17)9-7(14)5-8(13)18-9/h5H,4,6H2,1-3H3,(H2,15,16)/t12-,19?/m0/s1. The maximum Gasteiger partial charge on any atom is 0.140 e. The van der Waals surface area contributed by atoms with Crippen molar-refractivity contribution in [2.24, 2.45) is 10.7 Å². The average Bonchev–Trinajstić information content (AvgIpc) is 2.55. The molecule has 1 aliphatic rings. The first kappa shape index (κ1) is 15.0. The van der Waals surface area contributed by atoms with Crippen LogP contribution in [0.3, 0.4) is 0 Å². The number of hydrogen-bond donors (Lipinski definition) is 1. The highest BCUT2D eigenvalue weighted by molar-refractivity contribution is 9.11. The van der Waals surface area contributed by atoms with Gasteiger partial charge in [-0.05, 0) is 58.2 Å². The Bertz CT molecular complexity index is 663. The molecule has 106 valence electrons. The summed E-state index contributed by atoms with van der Waals surface area (Å²) in [5.74, 6) is 3.93. The van der Waals surface area contributed by atoms with Crippen LogP contribution in [0.5, 0.6) is 0 Å². The monoisotopic (exact) mass is 366 g/mol. The van der Waals surface area contributed by atoms with Crippen molar-refractivity contribution in [1.29, 1.82) is 0 Å². The molecule has 7 heteroatoms. The van der Waals surface area contributed by atoms with Gasteiger partial charge in [0.25, 0.3) is 0 Å². The molecule has 1 aliphatic heterocycles. The highest BCUT2D eigenvalue weighted by Crippen LogP contribution is 2.42. The molecule has 0 amide bonds. The summed E-state index contributed by atoms with van der Waals surface area (Å²) in [4.78, 5) is 4.87. The van der Waals surface area contributed by atoms with Gasteiger partial charge >= 0.3 is 0 Å². The number of amidine groups is 1. The number of thiophene rings is 1. The lowest BCUT2D eigenvalue weighted by atomic mass is 10.0. The summed E-state index contributed by atoms with van der Waals surface area (Å²) in [6, 6.07) is 1.39. The Hall–Kier alpha value is -0.400. The lowest BCUT2D eigenvalue weighted by Gasteiger charge is -2.40. The molecule has 0 aliphatic carbocycles. The summed E-state index contributed by atoms with van der Waals surface area (Å²) in [7, 11) is -2.50. The molecule has 0 saturated heterocycles. The molecular formula is C12H16BrFN2OS2. The van der Waals surface area contributed by atoms with Gasteiger partial charge in [-0.15, -0.1) is 11.3 Å². The Balaban J connectivity index is 2.65. The van der Waals surface area contributed by atoms with Gasteiger partial charge in [0.05, 0.1) is 13.4 Å². The highest BCUT2D eigenvalue weighted by atomic mass is 79.9. The lowest BCUT2D eigenvalue weighted by molar-refractivity contribution is 0.506. The zero-order valence-corrected chi connectivity index (χ0v) is 14.2. The molecule has 2 rings (SSSR count). The first-order chi connectivity index (χ1) is 8.49. The van der Waals surface area contributed by atoms with Crippen molar-refractivity contribution in [3.8, 4) is 0 Å². The van der Waals surface area contributed by atoms with Crippen LogP contribution in [0, 0.1) is 5.82 Å². The molecule has 19 heavy (non-hydrogen) atoms. The topological polar surface area (TPSA) is 55.5 Å². The number of rotatable bonds is 1. The summed E-state index contributed by atoms with van der Waals surface area (Å²) in [5, 5.41) is 0. The predicted octanol–water partition coefficient (Wildman–Crippen LogP) is 2.73. The second-order valence-electron chi connectivity index (χ2n) is 5.46. The van der Waals surface area contributed by atoms with Gasteiger partial charge in [-0.3, -0.25) is 9.20 Å². The minimum absolute atomic E-state index is 0.192. The zero-order valence-electron chi connectivity index (χ0n) is 11.0. The molecule has 2 atom stereocenters. The summed E-state index contributed by atoms with van der Waals surface area (Å²) in [5.41, 5.74) is 5.04. The van der Waals surface area contributed by atoms with Gasteiger partial charge in [-0.2, -0.15) is 0 Å². The van der Waals surface area contributed by atoms with Gasteiger partial charge in [0, 0.05) is 5.75 Å². The van der Waals surface area contributed by atoms with Crippen molar-refractivity contribution in [3.05, 3.63) is 20.5 Å². The van der Waals surface area contributed by atoms with Crippen LogP contribution in [0.15, 0.2) is 14.8 Å². The summed E-state index contributed by atoms with van der Waals surface area (Å²) in [6.45, 7) is 5.28. The lowest BCUT2D eigenvalue weighted by Crippen LogP contribution is -2.54. The minimum Gasteiger partial charge on any atom is -0.386 e. The Kier molecular flexibility index (Phi) is 3.39. The number of nitrogens with two attached hydrogens (primary N) is 1. The summed E-state index contributed by atoms with van der Waals surface area (Å²) < 4.78 is 26.7. The van der Waals surface area contributed by atoms with E-state index in [9.17, 15) is 8.60 Å². The van der Waals surface area contributed by atoms with E-state index in [4.69, 9.17) is 5.73 Å². The number of hydrogen-bond acceptors (Lipinski definition) is 4. The van der Waals surface area contributed by atoms with Crippen molar-refractivity contribution < 1.29 is 8.60 Å². The third kappa shape index (κ3) is 2.25. The first-order valence-electron chi connectivity index (χ1n) is 5.65. The van der Waals surface area contributed by atoms with E-state index in [1.54, 1.807) is 20.8 Å². The van der Waals surface area contributed by atoms with Crippen molar-refractivity contribution in [2.45, 2.75) is 31.1 Å². The fraction of sp³-hybridized carbons (Fsp3) is 0.500. The van der Waals surface area contributed by atoms with Crippen molar-refractivity contribution >= 4 is 48.5 Å². The smallest absolute Gasteiger partial charge is 0.140 e. The van der Waals surface area contributed by atoms with E-state index < -0.39 is 19.8 Å². The quantitative estimate of drug-likeness (QED) is 0.776. The molecule has 0 saturated carbocycles. The van der Waals surface area contributed by atoms with E-state index in [-0.39, 0.29) is 17.4 Å². The zero-order chi connectivity index (χ0) is 14.6. The van der Waals surface area contributed by atoms with E-state index in [1.807, 2.05) is 0 Å². The molecule has 0 bridgehead atoms. The van der Waals surface area contributed by atoms with Crippen molar-refractivity contribution in [2.75, 3.05) is 5.75 Å². The van der Waals surface area contributed by atoms with Gasteiger partial charge in [0.2, 0.25) is 0 Å². The van der Waals surface area contributed by atoms with E-state index in [0.717, 1.165) is 0 Å². The third-order valence-corrected chi connectivity index (χ3v) is 8.54. The minimum atomic E-state index is -2.50. The molecule has 0 aromatic carbocycles. The number of nitrogens with zero attached hydrogens (tertiary/aromatic N) is 1. The second-order valence-corrected chi connectivity index (χ2v) is 10.8. The largest absolute Gasteiger partial charge is 0.386 e. The highest BCUT2D eigenvalue weighted by Gasteiger charge is 2.46. The van der Waals surface area contributed by atoms with Gasteiger partial charge in [-0.1, -0.05) is 0 Å². The number of aliphatic imine (C=N–C) groups is 1. The fourth-order valence-electron chi connectivity index (χ4n) is 2.08. The summed E-state index contributed by atoms with van der Waals surface area (Å²) in [6.07, 6.45) is 0. The Labute approximate surface area is 125 Å². The Morgan fingerprint density at radius 2 is 2.16 bits per heavy atom. The van der Waals surface area contributed by atoms with Gasteiger partial charge in [-0.25, -0.2) is 4.39 Å². The number of halogens is 2. The van der Waals surface area contributed by atoms with Crippen LogP contribution in [-0.4, -0.2) is 26.4 Å². The van der Waals surface area contributed by atoms with Crippen LogP contribution in [0.1, 0.15) is 25.6 Å². The molecule has 2 N–H and O–H groups in total. The molecular weight excluding hydrogens is 351 g/mol. The van der Waals surface area contributed by atoms with E-state index >= 15 is 0 Å². The predicted molar refractivity (Wildman–Crippen MR) is 85.2 cm³/mol. The van der Waals surface area contributed by atoms with Crippen molar-refractivity contribution in [1.82, 2.24) is 0 Å². The molecule has 2 heterocycles. The molecule has 1 aromatic rings. The molecule has 3 nitrogen and oxygen atoms in total. The normalized spacial score (nSPS) is 34.1. The molecule has 0 radical (unpaired) electrons. The van der Waals surface area contributed by atoms with E-state index in [1.165, 1.54) is 17.4 Å². The average molecular weight is 367 g/mol. The van der Waals surface area contributed by atoms with Crippen LogP contribution in [-0.2, 0) is 15.1 Å². The molecule has 1 unspecified atom stereocenters. The van der Waals surface area contributed by atoms with E-state index in [2.05, 4.69) is 26.8 Å². The summed E-state index contributed by atoms with van der Waals surface area (Å²) >= 11 is 4.50. The SMILES string of the molecule is C=S1(=O)C[C@@](C)(c2sc(Br)cc2F)N=C(N)C1(C)C. The van der Waals surface area contributed by atoms with E-state index in [0.29, 0.717) is 8.66 Å². The van der Waals surface area contributed by atoms with Crippen LogP contribution in [0.25, 0.3) is 0 Å². The maximum atomic E-state index is 14.0. The molecule has 0 spiro atoms. The van der Waals surface area contributed by atoms with Gasteiger partial charge < -0.3 is 5.73 Å². The van der Waals surface area contributed by atoms with Crippen molar-refractivity contribution in [3.63, 3.8) is 0 Å². The van der Waals surface area contributed by atoms with Crippen LogP contribution in [0.2, 0.25) is 0 Å². The second kappa shape index (κ2) is 4.30. The fourth-order valence-corrected chi connectivity index (χ4v) is 5.62. The maximum absolute atomic E-state index is 14.0. The first-order valence-corrected chi connectivity index (χ1v) is 9.16. The Morgan fingerprint density at radius 1 is 1.58 bits per heavy atom. The Morgan fingerprint density at radius 3 is 2.58 bits per heavy atom.